The van der Waals surface area contributed by atoms with E-state index in [1.807, 2.05) is 25.6 Å². The van der Waals surface area contributed by atoms with Crippen LogP contribution in [0.3, 0.4) is 0 Å². The summed E-state index contributed by atoms with van der Waals surface area (Å²) in [5.74, 6) is 1.34. The number of nitrogens with two attached hydrogens (primary N) is 2. The molecule has 0 aromatic carbocycles. The summed E-state index contributed by atoms with van der Waals surface area (Å²) in [4.78, 5) is 12.2. The van der Waals surface area contributed by atoms with Gasteiger partial charge in [0.25, 0.3) is 0 Å². The lowest BCUT2D eigenvalue weighted by molar-refractivity contribution is -0.115. The fourth-order valence-electron chi connectivity index (χ4n) is 5.81. The fraction of sp³-hybridized carbons (Fsp3) is 0.766. The molecule has 1 saturated heterocycles. The van der Waals surface area contributed by atoms with Gasteiger partial charge in [0.2, 0.25) is 0 Å². The highest BCUT2D eigenvalue weighted by molar-refractivity contribution is 8.02. The van der Waals surface area contributed by atoms with E-state index < -0.39 is 12.4 Å². The van der Waals surface area contributed by atoms with Gasteiger partial charge in [0, 0.05) is 49.6 Å². The first kappa shape index (κ1) is 63.6. The number of unbranched alkanes of at least 4 members (excludes halogenated alkanes) is 9. The van der Waals surface area contributed by atoms with E-state index in [2.05, 4.69) is 49.5 Å². The minimum atomic E-state index is -4.25. The third kappa shape index (κ3) is 54.0. The number of nitrogens with one attached hydrogen (secondary N) is 1. The molecule has 1 fully saturated rings. The molecule has 2 unspecified atom stereocenters. The van der Waals surface area contributed by atoms with Gasteiger partial charge in [-0.1, -0.05) is 135 Å². The molecule has 0 aromatic heterocycles. The Morgan fingerprint density at radius 3 is 1.81 bits per heavy atom. The van der Waals surface area contributed by atoms with Gasteiger partial charge in [-0.25, -0.2) is 0 Å². The lowest BCUT2D eigenvalue weighted by Crippen LogP contribution is -2.42. The maximum absolute atomic E-state index is 11.7. The Morgan fingerprint density at radius 2 is 1.32 bits per heavy atom. The standard InChI is InChI=1S/C22H40N2S.C9H12F3N.C9H21N.C3H6O.C2H3F3.C2H6/c1-3-4-5-6-7-8-9-10-11-22(12-15-23-2)24-16-13-21-19-25-17-14-20(21)18-24;1-7(3-4-8(2)13)5-6-9(10,11)12;1-3-5-6-8-9(10)7-4-2;1-3(2)4;1-2(3,4)5;1-2/h14,19,22-23H,3-13,15-18H2,1-2H3;3-6H,13H2,1-2H3;9H,3-8,10H2,1-2H3;1-2H3;1H3;1-2H3/b;6-5+,7-3-,8-4+;;;;. The molecule has 0 amide bonds. The molecule has 0 bridgehead atoms. The Balaban J connectivity index is -0.000000373. The quantitative estimate of drug-likeness (QED) is 0.0605. The van der Waals surface area contributed by atoms with Crippen LogP contribution < -0.4 is 16.8 Å². The van der Waals surface area contributed by atoms with E-state index in [-0.39, 0.29) is 18.8 Å². The molecule has 0 saturated carbocycles. The van der Waals surface area contributed by atoms with Gasteiger partial charge < -0.3 is 21.6 Å². The van der Waals surface area contributed by atoms with Crippen LogP contribution in [0.5, 0.6) is 0 Å². The molecule has 2 aliphatic rings. The van der Waals surface area contributed by atoms with Crippen molar-refractivity contribution < 1.29 is 31.1 Å². The molecular weight excluding hydrogens is 783 g/mol. The predicted octanol–water partition coefficient (Wildman–Crippen LogP) is 14.6. The molecule has 0 spiro atoms. The topological polar surface area (TPSA) is 84.4 Å². The smallest absolute Gasteiger partial charge is 0.402 e. The Bertz CT molecular complexity index is 1120. The van der Waals surface area contributed by atoms with Crippen molar-refractivity contribution in [1.82, 2.24) is 10.2 Å². The van der Waals surface area contributed by atoms with Crippen molar-refractivity contribution >= 4 is 17.5 Å². The number of halogens is 6. The number of rotatable bonds is 21. The normalized spacial score (nSPS) is 15.4. The number of allylic oxidation sites excluding steroid dienone is 6. The Hall–Kier alpha value is -2.02. The van der Waals surface area contributed by atoms with Crippen LogP contribution in [0.4, 0.5) is 26.3 Å². The van der Waals surface area contributed by atoms with E-state index in [9.17, 15) is 31.1 Å². The van der Waals surface area contributed by atoms with E-state index in [1.165, 1.54) is 148 Å². The molecule has 2 rings (SSSR count). The summed E-state index contributed by atoms with van der Waals surface area (Å²) in [6.07, 6.45) is 21.5. The van der Waals surface area contributed by atoms with Crippen molar-refractivity contribution in [3.63, 3.8) is 0 Å². The van der Waals surface area contributed by atoms with Crippen LogP contribution >= 0.6 is 11.8 Å². The molecule has 59 heavy (non-hydrogen) atoms. The van der Waals surface area contributed by atoms with Gasteiger partial charge in [-0.15, -0.1) is 11.8 Å². The Labute approximate surface area is 362 Å². The predicted molar refractivity (Wildman–Crippen MR) is 248 cm³/mol. The number of alkyl halides is 6. The van der Waals surface area contributed by atoms with E-state index >= 15 is 0 Å². The number of piperidine rings is 1. The van der Waals surface area contributed by atoms with Crippen LogP contribution in [0.15, 0.2) is 58.2 Å². The van der Waals surface area contributed by atoms with Gasteiger partial charge in [0.1, 0.15) is 5.78 Å². The van der Waals surface area contributed by atoms with Gasteiger partial charge in [-0.3, -0.25) is 4.90 Å². The van der Waals surface area contributed by atoms with Crippen molar-refractivity contribution in [3.05, 3.63) is 58.2 Å². The molecule has 2 heterocycles. The number of likely N-dealkylation sites (tertiary alicyclic amines) is 1. The Kier molecular flexibility index (Phi) is 46.0. The fourth-order valence-corrected chi connectivity index (χ4v) is 6.68. The summed E-state index contributed by atoms with van der Waals surface area (Å²) in [6, 6.07) is 1.24. The highest BCUT2D eigenvalue weighted by Gasteiger charge is 2.25. The number of fused-ring (bicyclic) bond motifs is 1. The average molecular weight is 871 g/mol. The third-order valence-corrected chi connectivity index (χ3v) is 9.53. The number of ketones is 1. The van der Waals surface area contributed by atoms with Gasteiger partial charge >= 0.3 is 12.4 Å². The average Bonchev–Trinajstić information content (AvgIpc) is 3.15. The number of hydrogen-bond donors (Lipinski definition) is 3. The van der Waals surface area contributed by atoms with E-state index in [4.69, 9.17) is 11.5 Å². The van der Waals surface area contributed by atoms with Crippen LogP contribution in [0, 0.1) is 0 Å². The second-order valence-electron chi connectivity index (χ2n) is 15.2. The summed E-state index contributed by atoms with van der Waals surface area (Å²) < 4.78 is 66.0. The summed E-state index contributed by atoms with van der Waals surface area (Å²) in [5.41, 5.74) is 15.4. The molecule has 2 aliphatic heterocycles. The molecule has 12 heteroatoms. The molecule has 5 nitrogen and oxygen atoms in total. The first-order valence-corrected chi connectivity index (χ1v) is 23.3. The second kappa shape index (κ2) is 42.7. The van der Waals surface area contributed by atoms with E-state index in [0.717, 1.165) is 18.7 Å². The van der Waals surface area contributed by atoms with Crippen LogP contribution in [-0.2, 0) is 4.79 Å². The van der Waals surface area contributed by atoms with Crippen LogP contribution in [0.1, 0.15) is 178 Å². The van der Waals surface area contributed by atoms with Crippen molar-refractivity contribution in [3.8, 4) is 0 Å². The zero-order chi connectivity index (χ0) is 46.1. The number of nitrogens with zero attached hydrogens (tertiary/aromatic N) is 1. The third-order valence-electron chi connectivity index (χ3n) is 8.72. The summed E-state index contributed by atoms with van der Waals surface area (Å²) in [7, 11) is 2.09. The number of Topliss-reactive ketones (excluding diaryl/α,β-unsaturated/α-hetero) is 1. The largest absolute Gasteiger partial charge is 0.409 e. The monoisotopic (exact) mass is 871 g/mol. The second-order valence-corrected chi connectivity index (χ2v) is 16.1. The minimum Gasteiger partial charge on any atom is -0.402 e. The van der Waals surface area contributed by atoms with Crippen LogP contribution in [0.2, 0.25) is 0 Å². The van der Waals surface area contributed by atoms with Gasteiger partial charge in [-0.2, -0.15) is 26.3 Å². The molecule has 0 aliphatic carbocycles. The molecular formula is C47H88F6N4OS. The molecule has 350 valence electrons. The first-order valence-electron chi connectivity index (χ1n) is 22.2. The Morgan fingerprint density at radius 1 is 0.814 bits per heavy atom. The molecule has 2 atom stereocenters. The SMILES string of the molecule is CC.CC(=C/C=C(\C)N)/C=C/C(F)(F)F.CC(C)=O.CC(F)(F)F.CCCCCC(N)CCC.CCCCCCCCCCC(CCNC)N1CCC2=CSCC=C2C1. The van der Waals surface area contributed by atoms with Gasteiger partial charge in [0.15, 0.2) is 0 Å². The highest BCUT2D eigenvalue weighted by Crippen LogP contribution is 2.31. The summed E-state index contributed by atoms with van der Waals surface area (Å²) >= 11 is 1.96. The van der Waals surface area contributed by atoms with Crippen molar-refractivity contribution in [1.29, 1.82) is 0 Å². The molecule has 0 aromatic rings. The van der Waals surface area contributed by atoms with Crippen molar-refractivity contribution in [2.75, 3.05) is 32.4 Å². The van der Waals surface area contributed by atoms with E-state index in [0.29, 0.717) is 17.3 Å². The molecule has 5 N–H and O–H groups in total. The number of carbonyl (C=O) groups is 1. The van der Waals surface area contributed by atoms with Crippen LogP contribution in [0.25, 0.3) is 0 Å². The maximum Gasteiger partial charge on any atom is 0.409 e. The zero-order valence-electron chi connectivity index (χ0n) is 39.2. The lowest BCUT2D eigenvalue weighted by atomic mass is 9.94. The summed E-state index contributed by atoms with van der Waals surface area (Å²) in [6.45, 7) is 20.8. The zero-order valence-corrected chi connectivity index (χ0v) is 40.0. The van der Waals surface area contributed by atoms with Crippen molar-refractivity contribution in [2.45, 2.75) is 203 Å². The van der Waals surface area contributed by atoms with Crippen molar-refractivity contribution in [2.24, 2.45) is 11.5 Å². The van der Waals surface area contributed by atoms with Gasteiger partial charge in [-0.05, 0) is 96.0 Å². The number of carbonyl (C=O) groups excluding carboxylic acids is 1. The highest BCUT2D eigenvalue weighted by atomic mass is 32.2. The summed E-state index contributed by atoms with van der Waals surface area (Å²) in [5, 5.41) is 5.78. The van der Waals surface area contributed by atoms with Gasteiger partial charge in [0.05, 0.1) is 0 Å². The minimum absolute atomic E-state index is 0.167. The maximum atomic E-state index is 11.7. The van der Waals surface area contributed by atoms with E-state index in [1.54, 1.807) is 31.1 Å². The van der Waals surface area contributed by atoms with Crippen LogP contribution in [-0.4, -0.2) is 67.6 Å². The number of thioether (sulfide) groups is 1. The first-order chi connectivity index (χ1) is 27.7. The number of hydrogen-bond acceptors (Lipinski definition) is 6. The lowest BCUT2D eigenvalue weighted by Gasteiger charge is -2.38. The molecule has 0 radical (unpaired) electrons.